The maximum absolute atomic E-state index is 12.6. The Morgan fingerprint density at radius 3 is 1.57 bits per heavy atom. The van der Waals surface area contributed by atoms with E-state index >= 15 is 0 Å². The van der Waals surface area contributed by atoms with Crippen LogP contribution in [0.5, 0.6) is 11.5 Å². The second kappa shape index (κ2) is 7.49. The Morgan fingerprint density at radius 2 is 1.20 bits per heavy atom. The van der Waals surface area contributed by atoms with Crippen molar-refractivity contribution in [3.8, 4) is 11.5 Å². The molecule has 4 atom stereocenters. The quantitative estimate of drug-likeness (QED) is 0.355. The van der Waals surface area contributed by atoms with Crippen LogP contribution in [0.15, 0.2) is 48.6 Å². The van der Waals surface area contributed by atoms with Gasteiger partial charge in [-0.2, -0.15) is 23.5 Å². The highest BCUT2D eigenvalue weighted by molar-refractivity contribution is 7.99. The Balaban J connectivity index is 1.17. The highest BCUT2D eigenvalue weighted by Gasteiger charge is 2.59. The predicted octanol–water partition coefficient (Wildman–Crippen LogP) is 4.90. The lowest BCUT2D eigenvalue weighted by atomic mass is 9.91. The van der Waals surface area contributed by atoms with Crippen molar-refractivity contribution in [3.63, 3.8) is 0 Å². The summed E-state index contributed by atoms with van der Waals surface area (Å²) >= 11 is 3.91. The molecule has 4 fully saturated rings. The van der Waals surface area contributed by atoms with Gasteiger partial charge in [-0.25, -0.2) is 9.59 Å². The molecule has 4 unspecified atom stereocenters. The van der Waals surface area contributed by atoms with Crippen molar-refractivity contribution in [3.05, 3.63) is 48.6 Å². The fourth-order valence-electron chi connectivity index (χ4n) is 5.13. The maximum atomic E-state index is 12.6. The fourth-order valence-corrected chi connectivity index (χ4v) is 7.92. The van der Waals surface area contributed by atoms with Gasteiger partial charge in [-0.05, 0) is 84.8 Å². The molecular weight excluding hydrogens is 416 g/mol. The van der Waals surface area contributed by atoms with Gasteiger partial charge in [0, 0.05) is 22.0 Å². The SMILES string of the molecule is C=C(C(=O)Oc1ccc(OC(=O)C(=C)C23CCSCC2C3)cc1)C12CCSCC1C2. The molecule has 0 amide bonds. The topological polar surface area (TPSA) is 52.6 Å². The molecule has 2 saturated carbocycles. The summed E-state index contributed by atoms with van der Waals surface area (Å²) in [7, 11) is 0. The first-order valence-electron chi connectivity index (χ1n) is 10.5. The van der Waals surface area contributed by atoms with E-state index in [1.54, 1.807) is 24.3 Å². The van der Waals surface area contributed by atoms with Gasteiger partial charge >= 0.3 is 11.9 Å². The van der Waals surface area contributed by atoms with E-state index in [0.717, 1.165) is 48.7 Å². The van der Waals surface area contributed by atoms with E-state index in [4.69, 9.17) is 9.47 Å². The van der Waals surface area contributed by atoms with Gasteiger partial charge in [0.05, 0.1) is 0 Å². The van der Waals surface area contributed by atoms with Gasteiger partial charge in [-0.3, -0.25) is 0 Å². The molecule has 30 heavy (non-hydrogen) atoms. The molecule has 1 aromatic carbocycles. The normalized spacial score (nSPS) is 33.5. The Hall–Kier alpha value is -1.66. The number of ether oxygens (including phenoxy) is 2. The molecule has 2 aliphatic heterocycles. The van der Waals surface area contributed by atoms with E-state index < -0.39 is 0 Å². The zero-order chi connectivity index (χ0) is 20.9. The summed E-state index contributed by atoms with van der Waals surface area (Å²) in [5.74, 6) is 5.68. The Bertz CT molecular complexity index is 849. The van der Waals surface area contributed by atoms with Crippen molar-refractivity contribution >= 4 is 35.5 Å². The fraction of sp³-hybridized carbons (Fsp3) is 0.500. The molecule has 158 valence electrons. The third kappa shape index (κ3) is 3.42. The number of benzene rings is 1. The van der Waals surface area contributed by atoms with E-state index in [9.17, 15) is 9.59 Å². The van der Waals surface area contributed by atoms with Gasteiger partial charge in [0.25, 0.3) is 0 Å². The van der Waals surface area contributed by atoms with Crippen LogP contribution in [0.4, 0.5) is 0 Å². The molecule has 0 bridgehead atoms. The summed E-state index contributed by atoms with van der Waals surface area (Å²) in [5.41, 5.74) is 1.14. The molecule has 2 heterocycles. The van der Waals surface area contributed by atoms with Crippen LogP contribution in [0.25, 0.3) is 0 Å². The second-order valence-corrected chi connectivity index (χ2v) is 11.3. The van der Waals surface area contributed by atoms with Crippen LogP contribution in [-0.4, -0.2) is 35.0 Å². The Kier molecular flexibility index (Phi) is 5.05. The minimum atomic E-state index is -0.350. The molecule has 6 heteroatoms. The summed E-state index contributed by atoms with van der Waals surface area (Å²) in [4.78, 5) is 25.2. The minimum Gasteiger partial charge on any atom is -0.423 e. The predicted molar refractivity (Wildman–Crippen MR) is 121 cm³/mol. The first-order valence-corrected chi connectivity index (χ1v) is 12.8. The standard InChI is InChI=1S/C24H26O4S2/c1-15(23-7-9-29-13-17(23)11-23)21(25)27-19-3-5-20(6-4-19)28-22(26)16(2)24-8-10-30-14-18(24)12-24/h3-6,17-18H,1-2,7-14H2. The lowest BCUT2D eigenvalue weighted by molar-refractivity contribution is -0.132. The molecule has 4 aliphatic rings. The summed E-state index contributed by atoms with van der Waals surface area (Å²) < 4.78 is 11.1. The lowest BCUT2D eigenvalue weighted by Gasteiger charge is -2.23. The van der Waals surface area contributed by atoms with Gasteiger partial charge in [-0.15, -0.1) is 0 Å². The van der Waals surface area contributed by atoms with E-state index in [0.29, 0.717) is 34.5 Å². The number of fused-ring (bicyclic) bond motifs is 2. The number of rotatable bonds is 6. The number of hydrogen-bond donors (Lipinski definition) is 0. The van der Waals surface area contributed by atoms with E-state index in [1.807, 2.05) is 23.5 Å². The van der Waals surface area contributed by atoms with Crippen LogP contribution >= 0.6 is 23.5 Å². The highest BCUT2D eigenvalue weighted by Crippen LogP contribution is 2.64. The van der Waals surface area contributed by atoms with Crippen LogP contribution in [0, 0.1) is 22.7 Å². The van der Waals surface area contributed by atoms with Gasteiger partial charge in [0.15, 0.2) is 0 Å². The summed E-state index contributed by atoms with van der Waals surface area (Å²) in [6, 6.07) is 6.63. The molecule has 0 N–H and O–H groups in total. The van der Waals surface area contributed by atoms with Crippen LogP contribution in [0.2, 0.25) is 0 Å². The van der Waals surface area contributed by atoms with Crippen LogP contribution < -0.4 is 9.47 Å². The Morgan fingerprint density at radius 1 is 0.800 bits per heavy atom. The first kappa shape index (κ1) is 20.3. The van der Waals surface area contributed by atoms with Crippen LogP contribution in [0.1, 0.15) is 25.7 Å². The van der Waals surface area contributed by atoms with Gasteiger partial charge < -0.3 is 9.47 Å². The molecule has 0 radical (unpaired) electrons. The van der Waals surface area contributed by atoms with Gasteiger partial charge in [0.2, 0.25) is 0 Å². The molecule has 2 saturated heterocycles. The van der Waals surface area contributed by atoms with Crippen molar-refractivity contribution in [1.29, 1.82) is 0 Å². The zero-order valence-corrected chi connectivity index (χ0v) is 18.6. The monoisotopic (exact) mass is 442 g/mol. The lowest BCUT2D eigenvalue weighted by Crippen LogP contribution is -2.23. The van der Waals surface area contributed by atoms with Crippen molar-refractivity contribution in [2.45, 2.75) is 25.7 Å². The summed E-state index contributed by atoms with van der Waals surface area (Å²) in [5, 5.41) is 0. The van der Waals surface area contributed by atoms with E-state index in [1.165, 1.54) is 0 Å². The van der Waals surface area contributed by atoms with Crippen LogP contribution in [0.3, 0.4) is 0 Å². The average molecular weight is 443 g/mol. The second-order valence-electron chi connectivity index (χ2n) is 8.97. The van der Waals surface area contributed by atoms with Crippen molar-refractivity contribution < 1.29 is 19.1 Å². The molecule has 1 aromatic rings. The summed E-state index contributed by atoms with van der Waals surface area (Å²) in [6.07, 6.45) is 4.12. The number of carbonyl (C=O) groups excluding carboxylic acids is 2. The maximum Gasteiger partial charge on any atom is 0.339 e. The molecular formula is C24H26O4S2. The van der Waals surface area contributed by atoms with Gasteiger partial charge in [0.1, 0.15) is 11.5 Å². The molecule has 0 aromatic heterocycles. The zero-order valence-electron chi connectivity index (χ0n) is 17.0. The molecule has 0 spiro atoms. The third-order valence-electron chi connectivity index (χ3n) is 7.43. The highest BCUT2D eigenvalue weighted by atomic mass is 32.2. The number of thioether (sulfide) groups is 2. The Labute approximate surface area is 185 Å². The van der Waals surface area contributed by atoms with Crippen LogP contribution in [-0.2, 0) is 9.59 Å². The molecule has 4 nitrogen and oxygen atoms in total. The number of carbonyl (C=O) groups is 2. The van der Waals surface area contributed by atoms with Crippen molar-refractivity contribution in [1.82, 2.24) is 0 Å². The summed E-state index contributed by atoms with van der Waals surface area (Å²) in [6.45, 7) is 8.11. The number of hydrogen-bond acceptors (Lipinski definition) is 6. The average Bonchev–Trinajstić information content (AvgIpc) is 3.66. The van der Waals surface area contributed by atoms with E-state index in [-0.39, 0.29) is 22.8 Å². The largest absolute Gasteiger partial charge is 0.423 e. The minimum absolute atomic E-state index is 0.0319. The van der Waals surface area contributed by atoms with Crippen molar-refractivity contribution in [2.75, 3.05) is 23.0 Å². The molecule has 2 aliphatic carbocycles. The van der Waals surface area contributed by atoms with Gasteiger partial charge in [-0.1, -0.05) is 13.2 Å². The third-order valence-corrected chi connectivity index (χ3v) is 9.69. The van der Waals surface area contributed by atoms with Crippen molar-refractivity contribution in [2.24, 2.45) is 22.7 Å². The smallest absolute Gasteiger partial charge is 0.339 e. The first-order chi connectivity index (χ1) is 14.4. The molecule has 5 rings (SSSR count). The van der Waals surface area contributed by atoms with E-state index in [2.05, 4.69) is 13.2 Å². The number of esters is 2.